The second-order valence-corrected chi connectivity index (χ2v) is 7.82. The molecular formula is C24H60BrClIN3. The first-order chi connectivity index (χ1) is 12.7. The van der Waals surface area contributed by atoms with Crippen LogP contribution in [0, 0.1) is 0 Å². The second kappa shape index (κ2) is 26.6. The number of nitrogens with zero attached hydrogens (tertiary/aromatic N) is 3. The van der Waals surface area contributed by atoms with Crippen molar-refractivity contribution in [1.82, 2.24) is 0 Å². The number of halogens is 3. The summed E-state index contributed by atoms with van der Waals surface area (Å²) in [5, 5.41) is 0. The van der Waals surface area contributed by atoms with Crippen LogP contribution in [-0.4, -0.2) is 92.0 Å². The average molecular weight is 633 g/mol. The highest BCUT2D eigenvalue weighted by Crippen LogP contribution is 2.04. The minimum Gasteiger partial charge on any atom is -1.00 e. The Hall–Kier alpha value is 1.38. The topological polar surface area (TPSA) is 0 Å². The first-order valence-electron chi connectivity index (χ1n) is 12.3. The molecule has 0 aromatic rings. The summed E-state index contributed by atoms with van der Waals surface area (Å²) in [4.78, 5) is 0. The van der Waals surface area contributed by atoms with Gasteiger partial charge in [0.2, 0.25) is 0 Å². The highest BCUT2D eigenvalue weighted by molar-refractivity contribution is 4.32. The van der Waals surface area contributed by atoms with E-state index in [0.717, 1.165) is 0 Å². The zero-order chi connectivity index (χ0) is 22.0. The van der Waals surface area contributed by atoms with Crippen molar-refractivity contribution in [2.24, 2.45) is 0 Å². The third kappa shape index (κ3) is 16.9. The Balaban J connectivity index is -0.0000000686. The van der Waals surface area contributed by atoms with E-state index in [9.17, 15) is 0 Å². The summed E-state index contributed by atoms with van der Waals surface area (Å²) in [6.07, 6.45) is 0. The molecule has 0 rings (SSSR count). The summed E-state index contributed by atoms with van der Waals surface area (Å²) in [7, 11) is 0. The van der Waals surface area contributed by atoms with E-state index >= 15 is 0 Å². The largest absolute Gasteiger partial charge is 1.00 e. The van der Waals surface area contributed by atoms with Crippen LogP contribution in [0.25, 0.3) is 0 Å². The van der Waals surface area contributed by atoms with E-state index in [2.05, 4.69) is 83.1 Å². The molecule has 0 aliphatic carbocycles. The molecule has 30 heavy (non-hydrogen) atoms. The van der Waals surface area contributed by atoms with Crippen LogP contribution in [0.3, 0.4) is 0 Å². The van der Waals surface area contributed by atoms with Gasteiger partial charge in [-0.15, -0.1) is 0 Å². The molecular weight excluding hydrogens is 573 g/mol. The molecule has 0 fully saturated rings. The lowest BCUT2D eigenvalue weighted by Crippen LogP contribution is -3.00. The standard InChI is InChI=1S/3C8H20N.BrH.ClH.HI/c3*1-5-9(6-2,7-3)8-4;;;/h3*5-8H2,1-4H3;3*1H/q3*+1;;;/p-3. The molecule has 0 unspecified atom stereocenters. The Labute approximate surface area is 227 Å². The van der Waals surface area contributed by atoms with Crippen molar-refractivity contribution >= 4 is 0 Å². The molecule has 0 aliphatic rings. The van der Waals surface area contributed by atoms with E-state index < -0.39 is 0 Å². The van der Waals surface area contributed by atoms with Crippen LogP contribution >= 0.6 is 0 Å². The smallest absolute Gasteiger partial charge is 0.0757 e. The number of rotatable bonds is 12. The zero-order valence-corrected chi connectivity index (χ0v) is 27.5. The molecule has 0 aromatic carbocycles. The first kappa shape index (κ1) is 45.0. The van der Waals surface area contributed by atoms with E-state index in [1.165, 1.54) is 92.0 Å². The van der Waals surface area contributed by atoms with Crippen molar-refractivity contribution in [1.29, 1.82) is 0 Å². The molecule has 0 radical (unpaired) electrons. The molecule has 6 heteroatoms. The molecule has 0 saturated carbocycles. The third-order valence-corrected chi connectivity index (χ3v) is 8.05. The Bertz CT molecular complexity index is 209. The lowest BCUT2D eigenvalue weighted by atomic mass is 10.3. The van der Waals surface area contributed by atoms with Crippen LogP contribution in [-0.2, 0) is 0 Å². The maximum atomic E-state index is 2.27. The summed E-state index contributed by atoms with van der Waals surface area (Å²) < 4.78 is 3.83. The van der Waals surface area contributed by atoms with Gasteiger partial charge in [0, 0.05) is 0 Å². The van der Waals surface area contributed by atoms with Crippen molar-refractivity contribution in [2.45, 2.75) is 83.1 Å². The third-order valence-electron chi connectivity index (χ3n) is 8.05. The number of hydrogen-bond acceptors (Lipinski definition) is 0. The molecule has 0 aromatic heterocycles. The van der Waals surface area contributed by atoms with Gasteiger partial charge in [-0.25, -0.2) is 0 Å². The molecule has 0 N–H and O–H groups in total. The summed E-state index contributed by atoms with van der Waals surface area (Å²) in [5.74, 6) is 0. The van der Waals surface area contributed by atoms with Crippen LogP contribution < -0.4 is 53.4 Å². The summed E-state index contributed by atoms with van der Waals surface area (Å²) >= 11 is 0. The maximum absolute atomic E-state index is 2.27. The monoisotopic (exact) mass is 631 g/mol. The van der Waals surface area contributed by atoms with Crippen molar-refractivity contribution in [3.05, 3.63) is 0 Å². The normalized spacial score (nSPS) is 10.8. The molecule has 0 saturated heterocycles. The molecule has 192 valence electrons. The average Bonchev–Trinajstić information content (AvgIpc) is 2.75. The van der Waals surface area contributed by atoms with Crippen LogP contribution in [0.2, 0.25) is 0 Å². The van der Waals surface area contributed by atoms with Crippen LogP contribution in [0.4, 0.5) is 0 Å². The fourth-order valence-corrected chi connectivity index (χ4v) is 4.02. The molecule has 0 amide bonds. The van der Waals surface area contributed by atoms with Gasteiger partial charge in [-0.2, -0.15) is 0 Å². The highest BCUT2D eigenvalue weighted by Gasteiger charge is 2.17. The van der Waals surface area contributed by atoms with E-state index in [4.69, 9.17) is 0 Å². The first-order valence-corrected chi connectivity index (χ1v) is 12.3. The lowest BCUT2D eigenvalue weighted by Gasteiger charge is -2.34. The SMILES string of the molecule is CC[N+](CC)(CC)CC.CC[N+](CC)(CC)CC.CC[N+](CC)(CC)CC.[Br-].[Cl-].[I-]. The molecule has 0 bridgehead atoms. The Morgan fingerprint density at radius 3 is 0.367 bits per heavy atom. The second-order valence-electron chi connectivity index (χ2n) is 7.82. The van der Waals surface area contributed by atoms with Crippen molar-refractivity contribution in [2.75, 3.05) is 78.5 Å². The fraction of sp³-hybridized carbons (Fsp3) is 1.00. The van der Waals surface area contributed by atoms with E-state index in [0.29, 0.717) is 0 Å². The van der Waals surface area contributed by atoms with Gasteiger partial charge in [0.25, 0.3) is 0 Å². The lowest BCUT2D eigenvalue weighted by molar-refractivity contribution is -0.921. The van der Waals surface area contributed by atoms with E-state index in [1.807, 2.05) is 0 Å². The van der Waals surface area contributed by atoms with Crippen molar-refractivity contribution in [3.8, 4) is 0 Å². The summed E-state index contributed by atoms with van der Waals surface area (Å²) in [6, 6.07) is 0. The van der Waals surface area contributed by atoms with Gasteiger partial charge in [0.1, 0.15) is 0 Å². The van der Waals surface area contributed by atoms with Gasteiger partial charge < -0.3 is 66.8 Å². The van der Waals surface area contributed by atoms with Crippen LogP contribution in [0.15, 0.2) is 0 Å². The minimum absolute atomic E-state index is 0. The molecule has 0 atom stereocenters. The summed E-state index contributed by atoms with van der Waals surface area (Å²) in [5.41, 5.74) is 0. The van der Waals surface area contributed by atoms with Crippen molar-refractivity contribution in [3.63, 3.8) is 0 Å². The van der Waals surface area contributed by atoms with Gasteiger partial charge in [0.15, 0.2) is 0 Å². The number of quaternary nitrogens is 3. The Kier molecular flexibility index (Phi) is 39.9. The predicted octanol–water partition coefficient (Wildman–Crippen LogP) is -3.34. The Morgan fingerprint density at radius 2 is 0.367 bits per heavy atom. The fourth-order valence-electron chi connectivity index (χ4n) is 4.02. The van der Waals surface area contributed by atoms with Gasteiger partial charge in [0.05, 0.1) is 78.5 Å². The van der Waals surface area contributed by atoms with Gasteiger partial charge in [-0.1, -0.05) is 0 Å². The molecule has 0 spiro atoms. The van der Waals surface area contributed by atoms with Gasteiger partial charge in [-0.3, -0.25) is 0 Å². The number of hydrogen-bond donors (Lipinski definition) is 0. The van der Waals surface area contributed by atoms with Gasteiger partial charge in [-0.05, 0) is 83.1 Å². The minimum atomic E-state index is 0. The van der Waals surface area contributed by atoms with Gasteiger partial charge >= 0.3 is 0 Å². The molecule has 0 aliphatic heterocycles. The van der Waals surface area contributed by atoms with E-state index in [-0.39, 0.29) is 53.4 Å². The maximum Gasteiger partial charge on any atom is 0.0757 e. The quantitative estimate of drug-likeness (QED) is 0.156. The molecule has 3 nitrogen and oxygen atoms in total. The zero-order valence-electron chi connectivity index (χ0n) is 23.0. The molecule has 0 heterocycles. The summed E-state index contributed by atoms with van der Waals surface area (Å²) in [6.45, 7) is 42.7. The predicted molar refractivity (Wildman–Crippen MR) is 127 cm³/mol. The van der Waals surface area contributed by atoms with Crippen LogP contribution in [0.5, 0.6) is 0 Å². The highest BCUT2D eigenvalue weighted by atomic mass is 127. The van der Waals surface area contributed by atoms with Crippen LogP contribution in [0.1, 0.15) is 83.1 Å². The van der Waals surface area contributed by atoms with E-state index in [1.54, 1.807) is 0 Å². The Morgan fingerprint density at radius 1 is 0.300 bits per heavy atom. The van der Waals surface area contributed by atoms with Crippen molar-refractivity contribution < 1.29 is 66.8 Å².